The van der Waals surface area contributed by atoms with Gasteiger partial charge in [0.15, 0.2) is 17.5 Å². The molecule has 18 heavy (non-hydrogen) atoms. The summed E-state index contributed by atoms with van der Waals surface area (Å²) in [5.41, 5.74) is -0.0486. The van der Waals surface area contributed by atoms with Crippen molar-refractivity contribution in [3.63, 3.8) is 0 Å². The summed E-state index contributed by atoms with van der Waals surface area (Å²) in [7, 11) is 0. The van der Waals surface area contributed by atoms with Gasteiger partial charge in [0.05, 0.1) is 6.54 Å². The van der Waals surface area contributed by atoms with Gasteiger partial charge in [-0.2, -0.15) is 5.10 Å². The van der Waals surface area contributed by atoms with Gasteiger partial charge in [-0.25, -0.2) is 8.78 Å². The van der Waals surface area contributed by atoms with Crippen LogP contribution in [-0.4, -0.2) is 20.7 Å². The van der Waals surface area contributed by atoms with Gasteiger partial charge in [-0.15, -0.1) is 0 Å². The van der Waals surface area contributed by atoms with Gasteiger partial charge in [-0.05, 0) is 6.07 Å². The molecule has 0 aromatic carbocycles. The summed E-state index contributed by atoms with van der Waals surface area (Å²) in [6.45, 7) is 1.34. The number of hydrogen-bond donors (Lipinski definition) is 1. The van der Waals surface area contributed by atoms with Crippen molar-refractivity contribution in [2.45, 2.75) is 13.5 Å². The van der Waals surface area contributed by atoms with E-state index in [1.54, 1.807) is 6.07 Å². The molecule has 0 atom stereocenters. The highest BCUT2D eigenvalue weighted by Gasteiger charge is 2.10. The first kappa shape index (κ1) is 12.2. The molecule has 0 saturated carbocycles. The number of anilines is 1. The van der Waals surface area contributed by atoms with E-state index in [4.69, 9.17) is 0 Å². The van der Waals surface area contributed by atoms with E-state index in [9.17, 15) is 13.6 Å². The van der Waals surface area contributed by atoms with Crippen LogP contribution in [0.5, 0.6) is 0 Å². The highest BCUT2D eigenvalue weighted by molar-refractivity contribution is 5.87. The largest absolute Gasteiger partial charge is 0.309 e. The van der Waals surface area contributed by atoms with Crippen molar-refractivity contribution in [3.8, 4) is 0 Å². The number of nitrogens with zero attached hydrogens (tertiary/aromatic N) is 3. The predicted octanol–water partition coefficient (Wildman–Crippen LogP) is 1.56. The summed E-state index contributed by atoms with van der Waals surface area (Å²) < 4.78 is 27.7. The number of rotatable bonds is 3. The van der Waals surface area contributed by atoms with E-state index < -0.39 is 11.6 Å². The van der Waals surface area contributed by atoms with Crippen molar-refractivity contribution in [3.05, 3.63) is 41.9 Å². The lowest BCUT2D eigenvalue weighted by Gasteiger charge is -2.03. The molecule has 5 nitrogen and oxygen atoms in total. The summed E-state index contributed by atoms with van der Waals surface area (Å²) >= 11 is 0. The highest BCUT2D eigenvalue weighted by Crippen LogP contribution is 2.10. The Labute approximate surface area is 101 Å². The van der Waals surface area contributed by atoms with Crippen LogP contribution in [-0.2, 0) is 11.3 Å². The Kier molecular flexibility index (Phi) is 3.31. The van der Waals surface area contributed by atoms with Crippen molar-refractivity contribution >= 4 is 11.7 Å². The van der Waals surface area contributed by atoms with Crippen LogP contribution in [0.4, 0.5) is 14.6 Å². The molecule has 0 fully saturated rings. The predicted molar refractivity (Wildman–Crippen MR) is 59.8 cm³/mol. The molecule has 2 heterocycles. The smallest absolute Gasteiger partial charge is 0.222 e. The molecule has 1 amide bonds. The number of amides is 1. The van der Waals surface area contributed by atoms with E-state index in [1.165, 1.54) is 24.0 Å². The topological polar surface area (TPSA) is 59.8 Å². The maximum absolute atomic E-state index is 13.4. The van der Waals surface area contributed by atoms with Crippen LogP contribution in [0.3, 0.4) is 0 Å². The Balaban J connectivity index is 2.16. The summed E-state index contributed by atoms with van der Waals surface area (Å²) in [6, 6.07) is 2.50. The van der Waals surface area contributed by atoms with Gasteiger partial charge >= 0.3 is 0 Å². The number of hydrogen-bond acceptors (Lipinski definition) is 3. The maximum Gasteiger partial charge on any atom is 0.222 e. The fourth-order valence-electron chi connectivity index (χ4n) is 1.42. The average molecular weight is 252 g/mol. The number of nitrogens with one attached hydrogen (secondary N) is 1. The Morgan fingerprint density at radius 3 is 2.94 bits per heavy atom. The molecule has 0 aliphatic carbocycles. The van der Waals surface area contributed by atoms with Crippen molar-refractivity contribution in [1.82, 2.24) is 14.8 Å². The fourth-order valence-corrected chi connectivity index (χ4v) is 1.42. The molecule has 0 radical (unpaired) electrons. The number of halogens is 2. The Morgan fingerprint density at radius 1 is 1.44 bits per heavy atom. The van der Waals surface area contributed by atoms with E-state index in [-0.39, 0.29) is 18.1 Å². The second-order valence-electron chi connectivity index (χ2n) is 3.63. The second-order valence-corrected chi connectivity index (χ2v) is 3.63. The third-order valence-electron chi connectivity index (χ3n) is 2.17. The van der Waals surface area contributed by atoms with E-state index in [0.717, 1.165) is 6.07 Å². The molecule has 0 aliphatic rings. The molecule has 0 saturated heterocycles. The molecule has 94 valence electrons. The number of carbonyl (C=O) groups is 1. The van der Waals surface area contributed by atoms with Crippen molar-refractivity contribution in [2.24, 2.45) is 0 Å². The SMILES string of the molecule is CC(=O)Nc1ccn(Cc2nccc(F)c2F)n1. The van der Waals surface area contributed by atoms with E-state index in [0.29, 0.717) is 5.82 Å². The van der Waals surface area contributed by atoms with E-state index in [2.05, 4.69) is 15.4 Å². The lowest BCUT2D eigenvalue weighted by molar-refractivity contribution is -0.114. The quantitative estimate of drug-likeness (QED) is 0.901. The average Bonchev–Trinajstić information content (AvgIpc) is 2.71. The van der Waals surface area contributed by atoms with Crippen molar-refractivity contribution in [1.29, 1.82) is 0 Å². The van der Waals surface area contributed by atoms with Crippen LogP contribution in [0.25, 0.3) is 0 Å². The molecular formula is C11H10F2N4O. The summed E-state index contributed by atoms with van der Waals surface area (Å²) in [6.07, 6.45) is 2.73. The highest BCUT2D eigenvalue weighted by atomic mass is 19.2. The monoisotopic (exact) mass is 252 g/mol. The lowest BCUT2D eigenvalue weighted by Crippen LogP contribution is -2.09. The van der Waals surface area contributed by atoms with Gasteiger partial charge < -0.3 is 5.32 Å². The van der Waals surface area contributed by atoms with Crippen LogP contribution in [0.15, 0.2) is 24.5 Å². The van der Waals surface area contributed by atoms with Gasteiger partial charge in [0.25, 0.3) is 0 Å². The van der Waals surface area contributed by atoms with Gasteiger partial charge in [0.1, 0.15) is 5.69 Å². The Hall–Kier alpha value is -2.31. The minimum atomic E-state index is -0.992. The molecule has 0 unspecified atom stereocenters. The van der Waals surface area contributed by atoms with Crippen LogP contribution < -0.4 is 5.32 Å². The molecule has 0 bridgehead atoms. The standard InChI is InChI=1S/C11H10F2N4O/c1-7(18)15-10-3-5-17(16-10)6-9-11(13)8(12)2-4-14-9/h2-5H,6H2,1H3,(H,15,16,18). The van der Waals surface area contributed by atoms with Gasteiger partial charge in [0.2, 0.25) is 5.91 Å². The van der Waals surface area contributed by atoms with Crippen LogP contribution >= 0.6 is 0 Å². The molecule has 2 aromatic rings. The first-order valence-corrected chi connectivity index (χ1v) is 5.16. The number of aromatic nitrogens is 3. The fraction of sp³-hybridized carbons (Fsp3) is 0.182. The van der Waals surface area contributed by atoms with Gasteiger partial charge in [-0.3, -0.25) is 14.5 Å². The normalized spacial score (nSPS) is 10.4. The number of pyridine rings is 1. The second kappa shape index (κ2) is 4.91. The van der Waals surface area contributed by atoms with E-state index in [1.807, 2.05) is 0 Å². The molecule has 7 heteroatoms. The van der Waals surface area contributed by atoms with Crippen LogP contribution in [0, 0.1) is 11.6 Å². The first-order chi connectivity index (χ1) is 8.56. The zero-order valence-electron chi connectivity index (χ0n) is 9.52. The zero-order valence-corrected chi connectivity index (χ0v) is 9.52. The van der Waals surface area contributed by atoms with Gasteiger partial charge in [0, 0.05) is 25.4 Å². The minimum absolute atomic E-state index is 0.0107. The summed E-state index contributed by atoms with van der Waals surface area (Å²) in [5, 5.41) is 6.45. The maximum atomic E-state index is 13.4. The number of carbonyl (C=O) groups excluding carboxylic acids is 1. The van der Waals surface area contributed by atoms with E-state index >= 15 is 0 Å². The Bertz CT molecular complexity index is 582. The third kappa shape index (κ3) is 2.68. The third-order valence-corrected chi connectivity index (χ3v) is 2.17. The molecule has 1 N–H and O–H groups in total. The molecular weight excluding hydrogens is 242 g/mol. The summed E-state index contributed by atoms with van der Waals surface area (Å²) in [4.78, 5) is 14.5. The van der Waals surface area contributed by atoms with Crippen molar-refractivity contribution < 1.29 is 13.6 Å². The molecule has 0 spiro atoms. The van der Waals surface area contributed by atoms with Crippen LogP contribution in [0.1, 0.15) is 12.6 Å². The molecule has 0 aliphatic heterocycles. The van der Waals surface area contributed by atoms with Crippen molar-refractivity contribution in [2.75, 3.05) is 5.32 Å². The lowest BCUT2D eigenvalue weighted by atomic mass is 10.3. The van der Waals surface area contributed by atoms with Crippen LogP contribution in [0.2, 0.25) is 0 Å². The Morgan fingerprint density at radius 2 is 2.22 bits per heavy atom. The summed E-state index contributed by atoms with van der Waals surface area (Å²) in [5.74, 6) is -1.85. The zero-order chi connectivity index (χ0) is 13.1. The molecule has 2 rings (SSSR count). The first-order valence-electron chi connectivity index (χ1n) is 5.16. The molecule has 2 aromatic heterocycles. The van der Waals surface area contributed by atoms with Gasteiger partial charge in [-0.1, -0.05) is 0 Å². The minimum Gasteiger partial charge on any atom is -0.309 e.